The summed E-state index contributed by atoms with van der Waals surface area (Å²) in [6, 6.07) is 7.31. The Bertz CT molecular complexity index is 345. The fourth-order valence-electron chi connectivity index (χ4n) is 1.40. The van der Waals surface area contributed by atoms with Crippen molar-refractivity contribution in [3.05, 3.63) is 34.9 Å². The fraction of sp³-hybridized carbons (Fsp3) is 0.462. The molecule has 1 atom stereocenters. The van der Waals surface area contributed by atoms with Gasteiger partial charge in [-0.25, -0.2) is 0 Å². The Hall–Kier alpha value is -0.860. The topological polar surface area (TPSA) is 43.1 Å². The first kappa shape index (κ1) is 13.2. The lowest BCUT2D eigenvalue weighted by Gasteiger charge is -2.14. The zero-order valence-electron chi connectivity index (χ0n) is 9.74. The van der Waals surface area contributed by atoms with Crippen LogP contribution < -0.4 is 5.73 Å². The number of nitrogens with two attached hydrogens (primary N) is 1. The SMILES string of the molecule is CC(C)C(N)CC(=O)Cc1ccc(Cl)cc1. The lowest BCUT2D eigenvalue weighted by molar-refractivity contribution is -0.118. The summed E-state index contributed by atoms with van der Waals surface area (Å²) in [5, 5.41) is 0.690. The van der Waals surface area contributed by atoms with Crippen molar-refractivity contribution >= 4 is 17.4 Å². The first-order valence-corrected chi connectivity index (χ1v) is 5.88. The smallest absolute Gasteiger partial charge is 0.138 e. The van der Waals surface area contributed by atoms with E-state index >= 15 is 0 Å². The number of carbonyl (C=O) groups is 1. The molecule has 3 heteroatoms. The lowest BCUT2D eigenvalue weighted by Crippen LogP contribution is -2.29. The molecule has 0 aromatic heterocycles. The van der Waals surface area contributed by atoms with Crippen molar-refractivity contribution < 1.29 is 4.79 Å². The van der Waals surface area contributed by atoms with Gasteiger partial charge in [-0.2, -0.15) is 0 Å². The highest BCUT2D eigenvalue weighted by Crippen LogP contribution is 2.12. The third-order valence-electron chi connectivity index (χ3n) is 2.63. The van der Waals surface area contributed by atoms with Crippen LogP contribution in [0.3, 0.4) is 0 Å². The van der Waals surface area contributed by atoms with Crippen molar-refractivity contribution in [3.63, 3.8) is 0 Å². The Labute approximate surface area is 102 Å². The van der Waals surface area contributed by atoms with Crippen LogP contribution in [0.15, 0.2) is 24.3 Å². The zero-order chi connectivity index (χ0) is 12.1. The van der Waals surface area contributed by atoms with Gasteiger partial charge in [-0.1, -0.05) is 37.6 Å². The van der Waals surface area contributed by atoms with E-state index < -0.39 is 0 Å². The van der Waals surface area contributed by atoms with Crippen molar-refractivity contribution in [3.8, 4) is 0 Å². The van der Waals surface area contributed by atoms with Crippen molar-refractivity contribution in [1.29, 1.82) is 0 Å². The highest BCUT2D eigenvalue weighted by atomic mass is 35.5. The molecule has 2 nitrogen and oxygen atoms in total. The number of Topliss-reactive ketones (excluding diaryl/α,β-unsaturated/α-hetero) is 1. The van der Waals surface area contributed by atoms with Crippen LogP contribution in [-0.2, 0) is 11.2 Å². The van der Waals surface area contributed by atoms with Gasteiger partial charge in [-0.3, -0.25) is 4.79 Å². The number of hydrogen-bond acceptors (Lipinski definition) is 2. The molecule has 0 aliphatic heterocycles. The minimum atomic E-state index is -0.0419. The molecular formula is C13H18ClNO. The molecule has 0 radical (unpaired) electrons. The molecule has 0 bridgehead atoms. The number of rotatable bonds is 5. The molecule has 16 heavy (non-hydrogen) atoms. The quantitative estimate of drug-likeness (QED) is 0.859. The molecule has 0 aliphatic rings. The molecule has 0 heterocycles. The molecular weight excluding hydrogens is 222 g/mol. The molecule has 1 rings (SSSR count). The van der Waals surface area contributed by atoms with Gasteiger partial charge in [0.15, 0.2) is 0 Å². The van der Waals surface area contributed by atoms with E-state index in [0.29, 0.717) is 23.8 Å². The highest BCUT2D eigenvalue weighted by molar-refractivity contribution is 6.30. The molecule has 0 spiro atoms. The summed E-state index contributed by atoms with van der Waals surface area (Å²) in [7, 11) is 0. The van der Waals surface area contributed by atoms with Crippen molar-refractivity contribution in [1.82, 2.24) is 0 Å². The van der Waals surface area contributed by atoms with E-state index in [1.165, 1.54) is 0 Å². The van der Waals surface area contributed by atoms with E-state index in [0.717, 1.165) is 5.56 Å². The maximum absolute atomic E-state index is 11.7. The highest BCUT2D eigenvalue weighted by Gasteiger charge is 2.13. The molecule has 1 unspecified atom stereocenters. The minimum absolute atomic E-state index is 0.0419. The molecule has 0 aliphatic carbocycles. The van der Waals surface area contributed by atoms with Crippen LogP contribution in [0.5, 0.6) is 0 Å². The van der Waals surface area contributed by atoms with Crippen LogP contribution in [0, 0.1) is 5.92 Å². The van der Waals surface area contributed by atoms with Crippen molar-refractivity contribution in [2.45, 2.75) is 32.7 Å². The molecule has 0 fully saturated rings. The summed E-state index contributed by atoms with van der Waals surface area (Å²) in [5.74, 6) is 0.526. The Balaban J connectivity index is 2.48. The number of halogens is 1. The fourth-order valence-corrected chi connectivity index (χ4v) is 1.53. The van der Waals surface area contributed by atoms with Gasteiger partial charge in [-0.15, -0.1) is 0 Å². The van der Waals surface area contributed by atoms with Crippen LogP contribution in [0.2, 0.25) is 5.02 Å². The monoisotopic (exact) mass is 239 g/mol. The van der Waals surface area contributed by atoms with E-state index in [-0.39, 0.29) is 11.8 Å². The molecule has 1 aromatic rings. The first-order chi connectivity index (χ1) is 7.49. The average molecular weight is 240 g/mol. The Morgan fingerprint density at radius 3 is 2.38 bits per heavy atom. The Morgan fingerprint density at radius 2 is 1.88 bits per heavy atom. The van der Waals surface area contributed by atoms with Crippen LogP contribution in [-0.4, -0.2) is 11.8 Å². The van der Waals surface area contributed by atoms with Gasteiger partial charge >= 0.3 is 0 Å². The molecule has 0 saturated carbocycles. The summed E-state index contributed by atoms with van der Waals surface area (Å²) in [5.41, 5.74) is 6.84. The van der Waals surface area contributed by atoms with E-state index in [1.807, 2.05) is 26.0 Å². The van der Waals surface area contributed by atoms with Crippen LogP contribution >= 0.6 is 11.6 Å². The summed E-state index contributed by atoms with van der Waals surface area (Å²) >= 11 is 5.77. The minimum Gasteiger partial charge on any atom is -0.327 e. The normalized spacial score (nSPS) is 12.8. The second-order valence-corrected chi connectivity index (χ2v) is 4.89. The predicted octanol–water partition coefficient (Wildman–Crippen LogP) is 2.83. The molecule has 88 valence electrons. The maximum atomic E-state index is 11.7. The summed E-state index contributed by atoms with van der Waals surface area (Å²) in [6.07, 6.45) is 0.887. The average Bonchev–Trinajstić information content (AvgIpc) is 2.21. The van der Waals surface area contributed by atoms with Gasteiger partial charge in [0.05, 0.1) is 0 Å². The van der Waals surface area contributed by atoms with Crippen LogP contribution in [0.4, 0.5) is 0 Å². The zero-order valence-corrected chi connectivity index (χ0v) is 10.5. The number of hydrogen-bond donors (Lipinski definition) is 1. The number of ketones is 1. The lowest BCUT2D eigenvalue weighted by atomic mass is 9.97. The third-order valence-corrected chi connectivity index (χ3v) is 2.89. The molecule has 0 amide bonds. The number of carbonyl (C=O) groups excluding carboxylic acids is 1. The maximum Gasteiger partial charge on any atom is 0.138 e. The van der Waals surface area contributed by atoms with Gasteiger partial charge < -0.3 is 5.73 Å². The number of benzene rings is 1. The van der Waals surface area contributed by atoms with Gasteiger partial charge in [0.1, 0.15) is 5.78 Å². The van der Waals surface area contributed by atoms with Crippen LogP contribution in [0.25, 0.3) is 0 Å². The molecule has 0 saturated heterocycles. The van der Waals surface area contributed by atoms with Gasteiger partial charge in [0, 0.05) is 23.9 Å². The van der Waals surface area contributed by atoms with E-state index in [9.17, 15) is 4.79 Å². The third kappa shape index (κ3) is 4.33. The van der Waals surface area contributed by atoms with E-state index in [1.54, 1.807) is 12.1 Å². The standard InChI is InChI=1S/C13H18ClNO/c1-9(2)13(15)8-12(16)7-10-3-5-11(14)6-4-10/h3-6,9,13H,7-8,15H2,1-2H3. The second kappa shape index (κ2) is 6.02. The Morgan fingerprint density at radius 1 is 1.31 bits per heavy atom. The Kier molecular flexibility index (Phi) is 4.97. The van der Waals surface area contributed by atoms with Gasteiger partial charge in [0.25, 0.3) is 0 Å². The molecule has 1 aromatic carbocycles. The van der Waals surface area contributed by atoms with E-state index in [4.69, 9.17) is 17.3 Å². The van der Waals surface area contributed by atoms with E-state index in [2.05, 4.69) is 0 Å². The van der Waals surface area contributed by atoms with Crippen molar-refractivity contribution in [2.24, 2.45) is 11.7 Å². The van der Waals surface area contributed by atoms with Gasteiger partial charge in [0.2, 0.25) is 0 Å². The van der Waals surface area contributed by atoms with Crippen molar-refractivity contribution in [2.75, 3.05) is 0 Å². The summed E-state index contributed by atoms with van der Waals surface area (Å²) in [6.45, 7) is 4.06. The summed E-state index contributed by atoms with van der Waals surface area (Å²) < 4.78 is 0. The summed E-state index contributed by atoms with van der Waals surface area (Å²) in [4.78, 5) is 11.7. The van der Waals surface area contributed by atoms with Gasteiger partial charge in [-0.05, 0) is 23.6 Å². The largest absolute Gasteiger partial charge is 0.327 e. The predicted molar refractivity (Wildman–Crippen MR) is 67.6 cm³/mol. The van der Waals surface area contributed by atoms with Crippen LogP contribution in [0.1, 0.15) is 25.8 Å². The second-order valence-electron chi connectivity index (χ2n) is 4.45. The first-order valence-electron chi connectivity index (χ1n) is 5.50. The molecule has 2 N–H and O–H groups in total.